The van der Waals surface area contributed by atoms with Crippen LogP contribution in [-0.2, 0) is 19.1 Å². The van der Waals surface area contributed by atoms with Gasteiger partial charge in [-0.15, -0.1) is 11.8 Å². The highest BCUT2D eigenvalue weighted by molar-refractivity contribution is 8.00. The van der Waals surface area contributed by atoms with Crippen LogP contribution < -0.4 is 0 Å². The minimum atomic E-state index is -0.953. The van der Waals surface area contributed by atoms with Crippen LogP contribution in [0.25, 0.3) is 0 Å². The quantitative estimate of drug-likeness (QED) is 0.434. The smallest absolute Gasteiger partial charge is 0.358 e. The molecule has 0 saturated carbocycles. The van der Waals surface area contributed by atoms with Crippen LogP contribution in [0.1, 0.15) is 20.7 Å². The van der Waals surface area contributed by atoms with Crippen molar-refractivity contribution in [2.24, 2.45) is 0 Å². The molecule has 2 atom stereocenters. The molecular weight excluding hydrogens is 360 g/mol. The average Bonchev–Trinajstić information content (AvgIpc) is 2.91. The number of imide groups is 1. The van der Waals surface area contributed by atoms with Gasteiger partial charge in [0.25, 0.3) is 17.7 Å². The van der Waals surface area contributed by atoms with E-state index in [1.54, 1.807) is 24.3 Å². The van der Waals surface area contributed by atoms with Crippen molar-refractivity contribution in [3.8, 4) is 0 Å². The zero-order valence-corrected chi connectivity index (χ0v) is 14.7. The van der Waals surface area contributed by atoms with Gasteiger partial charge in [0.05, 0.1) is 31.1 Å². The van der Waals surface area contributed by atoms with Gasteiger partial charge in [-0.25, -0.2) is 4.79 Å². The minimum Gasteiger partial charge on any atom is -0.498 e. The standard InChI is InChI=1S/C17H14N2O6S/c1-24-10-7-26-16-12(15(22)19(16)11(10)17(23)25-2)18-13(20)8-5-3-4-6-9(8)14(18)21/h3-6,12,16H,7H2,1-2H3/t12?,16-/m1/s1. The minimum absolute atomic E-state index is 0.0246. The lowest BCUT2D eigenvalue weighted by atomic mass is 10.0. The van der Waals surface area contributed by atoms with Crippen LogP contribution in [0.15, 0.2) is 35.7 Å². The molecule has 4 rings (SSSR count). The van der Waals surface area contributed by atoms with Crippen LogP contribution >= 0.6 is 11.8 Å². The van der Waals surface area contributed by atoms with E-state index < -0.39 is 35.1 Å². The molecule has 134 valence electrons. The molecule has 0 bridgehead atoms. The topological polar surface area (TPSA) is 93.2 Å². The molecule has 0 aliphatic carbocycles. The Labute approximate surface area is 152 Å². The number of nitrogens with zero attached hydrogens (tertiary/aromatic N) is 2. The number of esters is 1. The summed E-state index contributed by atoms with van der Waals surface area (Å²) >= 11 is 1.33. The molecule has 0 aromatic heterocycles. The van der Waals surface area contributed by atoms with Crippen molar-refractivity contribution in [2.45, 2.75) is 11.4 Å². The van der Waals surface area contributed by atoms with E-state index in [1.165, 1.54) is 30.9 Å². The van der Waals surface area contributed by atoms with Gasteiger partial charge in [0.1, 0.15) is 17.2 Å². The summed E-state index contributed by atoms with van der Waals surface area (Å²) in [5.41, 5.74) is 0.591. The maximum absolute atomic E-state index is 12.8. The van der Waals surface area contributed by atoms with E-state index in [2.05, 4.69) is 0 Å². The lowest BCUT2D eigenvalue weighted by Gasteiger charge is -2.51. The number of fused-ring (bicyclic) bond motifs is 2. The van der Waals surface area contributed by atoms with Crippen molar-refractivity contribution in [1.29, 1.82) is 0 Å². The molecule has 1 aromatic carbocycles. The molecule has 0 spiro atoms. The van der Waals surface area contributed by atoms with Gasteiger partial charge in [0.15, 0.2) is 5.70 Å². The van der Waals surface area contributed by atoms with Crippen LogP contribution in [-0.4, -0.2) is 64.9 Å². The maximum Gasteiger partial charge on any atom is 0.358 e. The van der Waals surface area contributed by atoms with E-state index in [1.807, 2.05) is 0 Å². The predicted octanol–water partition coefficient (Wildman–Crippen LogP) is 0.597. The van der Waals surface area contributed by atoms with E-state index in [0.717, 1.165) is 4.90 Å². The average molecular weight is 374 g/mol. The fourth-order valence-corrected chi connectivity index (χ4v) is 4.73. The zero-order valence-electron chi connectivity index (χ0n) is 13.9. The van der Waals surface area contributed by atoms with Crippen LogP contribution in [0, 0.1) is 0 Å². The summed E-state index contributed by atoms with van der Waals surface area (Å²) in [6.45, 7) is 0. The molecule has 0 radical (unpaired) electrons. The summed E-state index contributed by atoms with van der Waals surface area (Å²) in [5, 5.41) is -0.544. The van der Waals surface area contributed by atoms with Gasteiger partial charge < -0.3 is 9.47 Å². The fraction of sp³-hybridized carbons (Fsp3) is 0.294. The molecule has 8 nitrogen and oxygen atoms in total. The van der Waals surface area contributed by atoms with Crippen molar-refractivity contribution >= 4 is 35.5 Å². The molecular formula is C17H14N2O6S. The molecule has 3 aliphatic rings. The maximum atomic E-state index is 12.8. The van der Waals surface area contributed by atoms with Crippen LogP contribution in [0.2, 0.25) is 0 Å². The second-order valence-corrected chi connectivity index (χ2v) is 6.95. The third-order valence-corrected chi connectivity index (χ3v) is 5.87. The molecule has 9 heteroatoms. The third kappa shape index (κ3) is 2.03. The van der Waals surface area contributed by atoms with Crippen molar-refractivity contribution < 1.29 is 28.7 Å². The Hall–Kier alpha value is -2.81. The lowest BCUT2D eigenvalue weighted by molar-refractivity contribution is -0.153. The highest BCUT2D eigenvalue weighted by Crippen LogP contribution is 2.44. The Morgan fingerprint density at radius 3 is 2.23 bits per heavy atom. The Kier molecular flexibility index (Phi) is 3.76. The first-order valence-corrected chi connectivity index (χ1v) is 8.83. The second-order valence-electron chi connectivity index (χ2n) is 5.85. The van der Waals surface area contributed by atoms with Gasteiger partial charge >= 0.3 is 5.97 Å². The monoisotopic (exact) mass is 374 g/mol. The van der Waals surface area contributed by atoms with E-state index in [0.29, 0.717) is 11.5 Å². The van der Waals surface area contributed by atoms with E-state index >= 15 is 0 Å². The number of amides is 3. The summed E-state index contributed by atoms with van der Waals surface area (Å²) in [7, 11) is 2.62. The molecule has 1 fully saturated rings. The first-order chi connectivity index (χ1) is 12.5. The van der Waals surface area contributed by atoms with E-state index in [-0.39, 0.29) is 16.8 Å². The molecule has 1 saturated heterocycles. The van der Waals surface area contributed by atoms with Crippen molar-refractivity contribution in [2.75, 3.05) is 20.0 Å². The van der Waals surface area contributed by atoms with Crippen LogP contribution in [0.3, 0.4) is 0 Å². The summed E-state index contributed by atoms with van der Waals surface area (Å²) in [6, 6.07) is 5.51. The molecule has 3 aliphatic heterocycles. The number of β-lactam (4-membered cyclic amide) rings is 1. The highest BCUT2D eigenvalue weighted by Gasteiger charge is 2.60. The molecule has 0 N–H and O–H groups in total. The first kappa shape index (κ1) is 16.6. The molecule has 26 heavy (non-hydrogen) atoms. The number of benzene rings is 1. The third-order valence-electron chi connectivity index (χ3n) is 4.63. The van der Waals surface area contributed by atoms with Gasteiger partial charge in [0.2, 0.25) is 0 Å². The summed E-state index contributed by atoms with van der Waals surface area (Å²) < 4.78 is 9.95. The van der Waals surface area contributed by atoms with Gasteiger partial charge in [0, 0.05) is 0 Å². The number of carbonyl (C=O) groups excluding carboxylic acids is 4. The predicted molar refractivity (Wildman–Crippen MR) is 89.9 cm³/mol. The number of hydrogen-bond donors (Lipinski definition) is 0. The first-order valence-electron chi connectivity index (χ1n) is 7.78. The second kappa shape index (κ2) is 5.87. The van der Waals surface area contributed by atoms with Crippen LogP contribution in [0.4, 0.5) is 0 Å². The van der Waals surface area contributed by atoms with Gasteiger partial charge in [-0.1, -0.05) is 12.1 Å². The van der Waals surface area contributed by atoms with Gasteiger partial charge in [-0.3, -0.25) is 24.2 Å². The summed E-state index contributed by atoms with van der Waals surface area (Å²) in [6.07, 6.45) is 0. The Balaban J connectivity index is 1.68. The molecule has 3 amide bonds. The lowest BCUT2D eigenvalue weighted by Crippen LogP contribution is -2.71. The van der Waals surface area contributed by atoms with Crippen molar-refractivity contribution in [3.05, 3.63) is 46.8 Å². The normalized spacial score (nSPS) is 24.3. The fourth-order valence-electron chi connectivity index (χ4n) is 3.38. The zero-order chi connectivity index (χ0) is 18.6. The van der Waals surface area contributed by atoms with E-state index in [4.69, 9.17) is 9.47 Å². The Bertz CT molecular complexity index is 860. The number of thioether (sulfide) groups is 1. The van der Waals surface area contributed by atoms with E-state index in [9.17, 15) is 19.2 Å². The Morgan fingerprint density at radius 2 is 1.69 bits per heavy atom. The summed E-state index contributed by atoms with van der Waals surface area (Å²) in [4.78, 5) is 52.4. The number of methoxy groups -OCH3 is 2. The van der Waals surface area contributed by atoms with Crippen molar-refractivity contribution in [3.63, 3.8) is 0 Å². The van der Waals surface area contributed by atoms with Crippen molar-refractivity contribution in [1.82, 2.24) is 9.80 Å². The highest BCUT2D eigenvalue weighted by atomic mass is 32.2. The number of hydrogen-bond acceptors (Lipinski definition) is 7. The Morgan fingerprint density at radius 1 is 1.08 bits per heavy atom. The largest absolute Gasteiger partial charge is 0.498 e. The molecule has 1 unspecified atom stereocenters. The number of ether oxygens (including phenoxy) is 2. The molecule has 1 aromatic rings. The van der Waals surface area contributed by atoms with Crippen LogP contribution in [0.5, 0.6) is 0 Å². The number of carbonyl (C=O) groups is 4. The molecule has 3 heterocycles. The van der Waals surface area contributed by atoms with Gasteiger partial charge in [-0.05, 0) is 12.1 Å². The SMILES string of the molecule is COC(=O)C1=C(OC)CS[C@@H]2C(N3C(=O)c4ccccc4C3=O)C(=O)N12. The number of rotatable bonds is 3. The summed E-state index contributed by atoms with van der Waals surface area (Å²) in [5.74, 6) is -1.54. The van der Waals surface area contributed by atoms with Gasteiger partial charge in [-0.2, -0.15) is 0 Å².